The van der Waals surface area contributed by atoms with Gasteiger partial charge in [-0.05, 0) is 62.3 Å². The van der Waals surface area contributed by atoms with Crippen LogP contribution in [0.15, 0.2) is 48.5 Å². The van der Waals surface area contributed by atoms with Crippen molar-refractivity contribution in [3.05, 3.63) is 59.1 Å². The quantitative estimate of drug-likeness (QED) is 0.785. The third-order valence-electron chi connectivity index (χ3n) is 6.23. The number of amides is 1. The lowest BCUT2D eigenvalue weighted by Crippen LogP contribution is -2.44. The standard InChI is InChI=1S/C24H31ClN4O/c1-27-13-15-29(16-14-27)22-10-8-21(9-11-22)26-24(30)20-6-4-12-28(18-20)17-19-5-2-3-7-23(19)25/h2-3,5,7-11,20H,4,6,12-18H2,1H3,(H,26,30)/t20-/m0/s1. The van der Waals surface area contributed by atoms with Crippen LogP contribution in [0.25, 0.3) is 0 Å². The normalized spacial score (nSPS) is 20.9. The molecule has 2 fully saturated rings. The lowest BCUT2D eigenvalue weighted by atomic mass is 9.96. The van der Waals surface area contributed by atoms with Crippen molar-refractivity contribution >= 4 is 28.9 Å². The molecule has 2 aromatic carbocycles. The molecule has 0 saturated carbocycles. The largest absolute Gasteiger partial charge is 0.369 e. The number of anilines is 2. The van der Waals surface area contributed by atoms with Crippen LogP contribution >= 0.6 is 11.6 Å². The minimum Gasteiger partial charge on any atom is -0.369 e. The highest BCUT2D eigenvalue weighted by Crippen LogP contribution is 2.24. The molecule has 4 rings (SSSR count). The Kier molecular flexibility index (Phi) is 6.93. The lowest BCUT2D eigenvalue weighted by molar-refractivity contribution is -0.121. The smallest absolute Gasteiger partial charge is 0.228 e. The van der Waals surface area contributed by atoms with Gasteiger partial charge in [-0.1, -0.05) is 29.8 Å². The van der Waals surface area contributed by atoms with E-state index in [-0.39, 0.29) is 11.8 Å². The summed E-state index contributed by atoms with van der Waals surface area (Å²) in [6.45, 7) is 6.85. The minimum absolute atomic E-state index is 0.0125. The highest BCUT2D eigenvalue weighted by Gasteiger charge is 2.26. The number of nitrogens with zero attached hydrogens (tertiary/aromatic N) is 3. The molecule has 2 aromatic rings. The summed E-state index contributed by atoms with van der Waals surface area (Å²) in [4.78, 5) is 20.0. The van der Waals surface area contributed by atoms with E-state index in [1.807, 2.05) is 30.3 Å². The number of piperidine rings is 1. The second-order valence-electron chi connectivity index (χ2n) is 8.49. The second kappa shape index (κ2) is 9.82. The van der Waals surface area contributed by atoms with E-state index in [4.69, 9.17) is 11.6 Å². The summed E-state index contributed by atoms with van der Waals surface area (Å²) in [5.74, 6) is 0.129. The number of carbonyl (C=O) groups excluding carboxylic acids is 1. The molecule has 0 spiro atoms. The number of halogens is 1. The average molecular weight is 427 g/mol. The maximum Gasteiger partial charge on any atom is 0.228 e. The zero-order valence-electron chi connectivity index (χ0n) is 17.7. The van der Waals surface area contributed by atoms with E-state index >= 15 is 0 Å². The van der Waals surface area contributed by atoms with Gasteiger partial charge in [0.05, 0.1) is 5.92 Å². The maximum absolute atomic E-state index is 12.9. The van der Waals surface area contributed by atoms with Gasteiger partial charge in [-0.15, -0.1) is 0 Å². The number of likely N-dealkylation sites (N-methyl/N-ethyl adjacent to an activating group) is 1. The van der Waals surface area contributed by atoms with Gasteiger partial charge in [0.15, 0.2) is 0 Å². The molecule has 0 aromatic heterocycles. The molecule has 1 atom stereocenters. The molecule has 2 saturated heterocycles. The van der Waals surface area contributed by atoms with Gasteiger partial charge in [-0.3, -0.25) is 9.69 Å². The number of hydrogen-bond acceptors (Lipinski definition) is 4. The average Bonchev–Trinajstić information content (AvgIpc) is 2.77. The summed E-state index contributed by atoms with van der Waals surface area (Å²) >= 11 is 6.31. The maximum atomic E-state index is 12.9. The summed E-state index contributed by atoms with van der Waals surface area (Å²) in [7, 11) is 2.16. The van der Waals surface area contributed by atoms with Gasteiger partial charge in [0.1, 0.15) is 0 Å². The predicted octanol–water partition coefficient (Wildman–Crippen LogP) is 3.94. The van der Waals surface area contributed by atoms with Crippen molar-refractivity contribution in [2.45, 2.75) is 19.4 Å². The molecule has 6 heteroatoms. The number of nitrogens with one attached hydrogen (secondary N) is 1. The molecule has 2 aliphatic rings. The molecule has 0 radical (unpaired) electrons. The summed E-state index contributed by atoms with van der Waals surface area (Å²) < 4.78 is 0. The molecule has 1 N–H and O–H groups in total. The van der Waals surface area contributed by atoms with E-state index in [0.29, 0.717) is 0 Å². The molecule has 5 nitrogen and oxygen atoms in total. The Labute approximate surface area is 184 Å². The Morgan fingerprint density at radius 2 is 1.77 bits per heavy atom. The molecule has 0 unspecified atom stereocenters. The van der Waals surface area contributed by atoms with E-state index in [1.165, 1.54) is 5.69 Å². The van der Waals surface area contributed by atoms with Gasteiger partial charge < -0.3 is 15.1 Å². The van der Waals surface area contributed by atoms with Gasteiger partial charge in [-0.2, -0.15) is 0 Å². The lowest BCUT2D eigenvalue weighted by Gasteiger charge is -2.34. The molecular weight excluding hydrogens is 396 g/mol. The second-order valence-corrected chi connectivity index (χ2v) is 8.90. The highest BCUT2D eigenvalue weighted by atomic mass is 35.5. The van der Waals surface area contributed by atoms with Crippen LogP contribution < -0.4 is 10.2 Å². The van der Waals surface area contributed by atoms with Crippen molar-refractivity contribution in [2.24, 2.45) is 5.92 Å². The molecule has 160 valence electrons. The van der Waals surface area contributed by atoms with Gasteiger partial charge in [0.25, 0.3) is 0 Å². The monoisotopic (exact) mass is 426 g/mol. The van der Waals surface area contributed by atoms with Crippen molar-refractivity contribution in [2.75, 3.05) is 56.5 Å². The molecule has 0 bridgehead atoms. The van der Waals surface area contributed by atoms with Gasteiger partial charge in [-0.25, -0.2) is 0 Å². The van der Waals surface area contributed by atoms with E-state index in [0.717, 1.165) is 74.9 Å². The Morgan fingerprint density at radius 1 is 1.03 bits per heavy atom. The van der Waals surface area contributed by atoms with Crippen LogP contribution in [0.1, 0.15) is 18.4 Å². The number of hydrogen-bond donors (Lipinski definition) is 1. The molecule has 1 amide bonds. The third kappa shape index (κ3) is 5.34. The topological polar surface area (TPSA) is 38.8 Å². The van der Waals surface area contributed by atoms with E-state index < -0.39 is 0 Å². The molecule has 2 aliphatic heterocycles. The number of benzene rings is 2. The Bertz CT molecular complexity index is 849. The summed E-state index contributed by atoms with van der Waals surface area (Å²) in [6.07, 6.45) is 1.97. The van der Waals surface area contributed by atoms with E-state index in [2.05, 4.69) is 45.3 Å². The van der Waals surface area contributed by atoms with Gasteiger partial charge in [0.2, 0.25) is 5.91 Å². The number of piperazine rings is 1. The van der Waals surface area contributed by atoms with Crippen LogP contribution in [0, 0.1) is 5.92 Å². The highest BCUT2D eigenvalue weighted by molar-refractivity contribution is 6.31. The zero-order chi connectivity index (χ0) is 20.9. The van der Waals surface area contributed by atoms with Crippen LogP contribution in [0.5, 0.6) is 0 Å². The van der Waals surface area contributed by atoms with Crippen LogP contribution in [0.2, 0.25) is 5.02 Å². The first-order valence-electron chi connectivity index (χ1n) is 10.9. The number of rotatable bonds is 5. The van der Waals surface area contributed by atoms with Crippen LogP contribution in [0.4, 0.5) is 11.4 Å². The molecule has 0 aliphatic carbocycles. The molecule has 2 heterocycles. The fourth-order valence-electron chi connectivity index (χ4n) is 4.35. The van der Waals surface area contributed by atoms with Crippen molar-refractivity contribution < 1.29 is 4.79 Å². The van der Waals surface area contributed by atoms with E-state index in [1.54, 1.807) is 0 Å². The molecule has 30 heavy (non-hydrogen) atoms. The van der Waals surface area contributed by atoms with Crippen molar-refractivity contribution in [3.8, 4) is 0 Å². The fraction of sp³-hybridized carbons (Fsp3) is 0.458. The van der Waals surface area contributed by atoms with Crippen LogP contribution in [-0.4, -0.2) is 62.0 Å². The predicted molar refractivity (Wildman–Crippen MR) is 124 cm³/mol. The van der Waals surface area contributed by atoms with E-state index in [9.17, 15) is 4.79 Å². The molecular formula is C24H31ClN4O. The fourth-order valence-corrected chi connectivity index (χ4v) is 4.54. The van der Waals surface area contributed by atoms with Gasteiger partial charge in [0, 0.05) is 55.7 Å². The summed E-state index contributed by atoms with van der Waals surface area (Å²) in [5, 5.41) is 3.92. The minimum atomic E-state index is 0.0125. The zero-order valence-corrected chi connectivity index (χ0v) is 18.4. The first-order chi connectivity index (χ1) is 14.6. The van der Waals surface area contributed by atoms with Gasteiger partial charge >= 0.3 is 0 Å². The SMILES string of the molecule is CN1CCN(c2ccc(NC(=O)[C@H]3CCCN(Cc4ccccc4Cl)C3)cc2)CC1. The summed E-state index contributed by atoms with van der Waals surface area (Å²) in [5.41, 5.74) is 3.23. The van der Waals surface area contributed by atoms with Crippen LogP contribution in [0.3, 0.4) is 0 Å². The number of carbonyl (C=O) groups is 1. The van der Waals surface area contributed by atoms with Crippen molar-refractivity contribution in [3.63, 3.8) is 0 Å². The van der Waals surface area contributed by atoms with Crippen molar-refractivity contribution in [1.82, 2.24) is 9.80 Å². The Morgan fingerprint density at radius 3 is 2.50 bits per heavy atom. The third-order valence-corrected chi connectivity index (χ3v) is 6.60. The first kappa shape index (κ1) is 21.2. The van der Waals surface area contributed by atoms with Crippen LogP contribution in [-0.2, 0) is 11.3 Å². The van der Waals surface area contributed by atoms with Crippen molar-refractivity contribution in [1.29, 1.82) is 0 Å². The number of likely N-dealkylation sites (tertiary alicyclic amines) is 1. The Hall–Kier alpha value is -2.08. The first-order valence-corrected chi connectivity index (χ1v) is 11.3. The Balaban J connectivity index is 1.31. The summed E-state index contributed by atoms with van der Waals surface area (Å²) in [6, 6.07) is 16.2.